The van der Waals surface area contributed by atoms with Crippen LogP contribution in [0.25, 0.3) is 0 Å². The largest absolute Gasteiger partial charge is 0.350 e. The van der Waals surface area contributed by atoms with Crippen LogP contribution in [-0.2, 0) is 22.6 Å². The maximum atomic E-state index is 13.3. The van der Waals surface area contributed by atoms with Crippen LogP contribution in [0.1, 0.15) is 56.4 Å². The molecule has 162 valence electrons. The minimum absolute atomic E-state index is 0.126. The summed E-state index contributed by atoms with van der Waals surface area (Å²) in [4.78, 5) is 27.9. The molecule has 5 heteroatoms. The Kier molecular flexibility index (Phi) is 7.77. The van der Waals surface area contributed by atoms with Crippen LogP contribution >= 0.6 is 0 Å². The van der Waals surface area contributed by atoms with Crippen LogP contribution in [0, 0.1) is 19.7 Å². The second kappa shape index (κ2) is 9.88. The molecule has 1 N–H and O–H groups in total. The zero-order valence-electron chi connectivity index (χ0n) is 18.9. The van der Waals surface area contributed by atoms with Gasteiger partial charge in [-0.1, -0.05) is 37.3 Å². The molecule has 0 heterocycles. The maximum absolute atomic E-state index is 13.3. The molecule has 30 heavy (non-hydrogen) atoms. The zero-order chi connectivity index (χ0) is 22.5. The van der Waals surface area contributed by atoms with Gasteiger partial charge in [-0.25, -0.2) is 4.39 Å². The molecular weight excluding hydrogens is 379 g/mol. The van der Waals surface area contributed by atoms with E-state index in [-0.39, 0.29) is 30.6 Å². The average molecular weight is 413 g/mol. The van der Waals surface area contributed by atoms with Crippen molar-refractivity contribution in [3.63, 3.8) is 0 Å². The van der Waals surface area contributed by atoms with Crippen LogP contribution in [0.2, 0.25) is 0 Å². The first-order chi connectivity index (χ1) is 14.0. The van der Waals surface area contributed by atoms with Gasteiger partial charge in [0, 0.05) is 12.1 Å². The Labute approximate surface area is 179 Å². The van der Waals surface area contributed by atoms with E-state index >= 15 is 0 Å². The number of benzene rings is 2. The molecule has 2 aromatic rings. The predicted octanol–water partition coefficient (Wildman–Crippen LogP) is 4.71. The number of aryl methyl sites for hydroxylation is 2. The second-order valence-electron chi connectivity index (χ2n) is 8.91. The molecule has 0 aliphatic rings. The molecule has 1 atom stereocenters. The lowest BCUT2D eigenvalue weighted by Crippen LogP contribution is -2.53. The van der Waals surface area contributed by atoms with Crippen molar-refractivity contribution in [3.05, 3.63) is 70.5 Å². The Morgan fingerprint density at radius 1 is 1.00 bits per heavy atom. The van der Waals surface area contributed by atoms with E-state index in [1.807, 2.05) is 59.7 Å². The third-order valence-electron chi connectivity index (χ3n) is 5.08. The Morgan fingerprint density at radius 3 is 2.13 bits per heavy atom. The van der Waals surface area contributed by atoms with E-state index in [9.17, 15) is 14.0 Å². The van der Waals surface area contributed by atoms with Crippen LogP contribution < -0.4 is 5.32 Å². The van der Waals surface area contributed by atoms with Crippen molar-refractivity contribution < 1.29 is 14.0 Å². The number of nitrogens with zero attached hydrogens (tertiary/aromatic N) is 1. The van der Waals surface area contributed by atoms with E-state index < -0.39 is 11.6 Å². The summed E-state index contributed by atoms with van der Waals surface area (Å²) in [7, 11) is 0. The summed E-state index contributed by atoms with van der Waals surface area (Å²) < 4.78 is 13.3. The first-order valence-electron chi connectivity index (χ1n) is 10.4. The van der Waals surface area contributed by atoms with Gasteiger partial charge in [0.1, 0.15) is 11.9 Å². The molecule has 0 fully saturated rings. The first-order valence-corrected chi connectivity index (χ1v) is 10.4. The highest BCUT2D eigenvalue weighted by molar-refractivity contribution is 5.88. The molecule has 2 rings (SSSR count). The van der Waals surface area contributed by atoms with Gasteiger partial charge in [-0.3, -0.25) is 9.59 Å². The van der Waals surface area contributed by atoms with Gasteiger partial charge in [0.05, 0.1) is 6.42 Å². The summed E-state index contributed by atoms with van der Waals surface area (Å²) in [6.07, 6.45) is 0.698. The normalized spacial score (nSPS) is 12.4. The van der Waals surface area contributed by atoms with E-state index in [2.05, 4.69) is 5.32 Å². The Bertz CT molecular complexity index is 885. The van der Waals surface area contributed by atoms with Crippen molar-refractivity contribution in [2.45, 2.75) is 72.5 Å². The number of halogens is 1. The Hall–Kier alpha value is -2.69. The molecule has 2 amide bonds. The van der Waals surface area contributed by atoms with Gasteiger partial charge in [0.2, 0.25) is 11.8 Å². The summed E-state index contributed by atoms with van der Waals surface area (Å²) in [5.41, 5.74) is 3.60. The third kappa shape index (κ3) is 6.68. The minimum Gasteiger partial charge on any atom is -0.350 e. The molecule has 0 aliphatic heterocycles. The molecule has 0 aromatic heterocycles. The predicted molar refractivity (Wildman–Crippen MR) is 119 cm³/mol. The fraction of sp³-hybridized carbons (Fsp3) is 0.440. The number of rotatable bonds is 7. The van der Waals surface area contributed by atoms with Crippen LogP contribution in [-0.4, -0.2) is 28.3 Å². The van der Waals surface area contributed by atoms with Crippen molar-refractivity contribution in [2.75, 3.05) is 0 Å². The first kappa shape index (κ1) is 23.6. The molecule has 4 nitrogen and oxygen atoms in total. The van der Waals surface area contributed by atoms with E-state index in [0.29, 0.717) is 6.42 Å². The average Bonchev–Trinajstić information content (AvgIpc) is 2.64. The minimum atomic E-state index is -0.603. The number of carbonyl (C=O) groups excluding carboxylic acids is 2. The summed E-state index contributed by atoms with van der Waals surface area (Å²) in [5, 5.41) is 2.99. The van der Waals surface area contributed by atoms with Gasteiger partial charge < -0.3 is 10.2 Å². The van der Waals surface area contributed by atoms with Crippen LogP contribution in [0.15, 0.2) is 42.5 Å². The summed E-state index contributed by atoms with van der Waals surface area (Å²) in [5.74, 6) is -0.636. The smallest absolute Gasteiger partial charge is 0.243 e. The van der Waals surface area contributed by atoms with Gasteiger partial charge in [0.15, 0.2) is 0 Å². The molecule has 0 unspecified atom stereocenters. The van der Waals surface area contributed by atoms with Gasteiger partial charge >= 0.3 is 0 Å². The van der Waals surface area contributed by atoms with Gasteiger partial charge in [-0.05, 0) is 75.4 Å². The standard InChI is InChI=1S/C25H33FN2O2/c1-7-22(24(30)27-25(4,5)6)28(16-19-10-12-21(26)13-11-19)23(29)15-20-9-8-17(2)18(3)14-20/h8-14,22H,7,15-16H2,1-6H3,(H,27,30)/t22-/m1/s1. The molecule has 2 aromatic carbocycles. The van der Waals surface area contributed by atoms with Crippen molar-refractivity contribution in [3.8, 4) is 0 Å². The van der Waals surface area contributed by atoms with Gasteiger partial charge in [0.25, 0.3) is 0 Å². The lowest BCUT2D eigenvalue weighted by molar-refractivity contribution is -0.141. The summed E-state index contributed by atoms with van der Waals surface area (Å²) in [6, 6.07) is 11.4. The molecule has 0 spiro atoms. The highest BCUT2D eigenvalue weighted by Crippen LogP contribution is 2.17. The monoisotopic (exact) mass is 412 g/mol. The number of nitrogens with one attached hydrogen (secondary N) is 1. The molecule has 0 bridgehead atoms. The second-order valence-corrected chi connectivity index (χ2v) is 8.91. The van der Waals surface area contributed by atoms with Crippen LogP contribution in [0.5, 0.6) is 0 Å². The van der Waals surface area contributed by atoms with E-state index in [4.69, 9.17) is 0 Å². The summed E-state index contributed by atoms with van der Waals surface area (Å²) >= 11 is 0. The Balaban J connectivity index is 2.32. The highest BCUT2D eigenvalue weighted by atomic mass is 19.1. The van der Waals surface area contributed by atoms with E-state index in [1.165, 1.54) is 17.7 Å². The molecular formula is C25H33FN2O2. The van der Waals surface area contributed by atoms with Crippen molar-refractivity contribution in [2.24, 2.45) is 0 Å². The number of hydrogen-bond acceptors (Lipinski definition) is 2. The maximum Gasteiger partial charge on any atom is 0.243 e. The quantitative estimate of drug-likeness (QED) is 0.716. The number of carbonyl (C=O) groups is 2. The van der Waals surface area contributed by atoms with Crippen LogP contribution in [0.3, 0.4) is 0 Å². The fourth-order valence-corrected chi connectivity index (χ4v) is 3.35. The van der Waals surface area contributed by atoms with Crippen molar-refractivity contribution in [1.82, 2.24) is 10.2 Å². The lowest BCUT2D eigenvalue weighted by Gasteiger charge is -2.33. The van der Waals surface area contributed by atoms with Crippen molar-refractivity contribution in [1.29, 1.82) is 0 Å². The molecule has 0 radical (unpaired) electrons. The van der Waals surface area contributed by atoms with E-state index in [0.717, 1.165) is 16.7 Å². The molecule has 0 aliphatic carbocycles. The van der Waals surface area contributed by atoms with Crippen LogP contribution in [0.4, 0.5) is 4.39 Å². The molecule has 0 saturated heterocycles. The fourth-order valence-electron chi connectivity index (χ4n) is 3.35. The summed E-state index contributed by atoms with van der Waals surface area (Å²) in [6.45, 7) is 11.9. The number of amides is 2. The third-order valence-corrected chi connectivity index (χ3v) is 5.08. The van der Waals surface area contributed by atoms with Gasteiger partial charge in [-0.2, -0.15) is 0 Å². The van der Waals surface area contributed by atoms with Gasteiger partial charge in [-0.15, -0.1) is 0 Å². The van der Waals surface area contributed by atoms with E-state index in [1.54, 1.807) is 17.0 Å². The lowest BCUT2D eigenvalue weighted by atomic mass is 10.0. The highest BCUT2D eigenvalue weighted by Gasteiger charge is 2.30. The Morgan fingerprint density at radius 2 is 1.60 bits per heavy atom. The SMILES string of the molecule is CC[C@H](C(=O)NC(C)(C)C)N(Cc1ccc(F)cc1)C(=O)Cc1ccc(C)c(C)c1. The molecule has 0 saturated carbocycles. The van der Waals surface area contributed by atoms with Crippen molar-refractivity contribution >= 4 is 11.8 Å². The zero-order valence-corrected chi connectivity index (χ0v) is 18.9. The topological polar surface area (TPSA) is 49.4 Å². The number of hydrogen-bond donors (Lipinski definition) is 1.